The molecule has 0 aliphatic carbocycles. The number of rotatable bonds is 7. The number of carboxylic acids is 1. The topological polar surface area (TPSA) is 148 Å². The average molecular weight is 437 g/mol. The summed E-state index contributed by atoms with van der Waals surface area (Å²) in [5.74, 6) is -0.375. The quantitative estimate of drug-likeness (QED) is 0.247. The van der Waals surface area contributed by atoms with Crippen molar-refractivity contribution < 1.29 is 19.3 Å². The van der Waals surface area contributed by atoms with Crippen molar-refractivity contribution in [2.45, 2.75) is 12.1 Å². The van der Waals surface area contributed by atoms with Gasteiger partial charge >= 0.3 is 5.97 Å². The normalized spacial score (nSPS) is 10.9. The summed E-state index contributed by atoms with van der Waals surface area (Å²) < 4.78 is 5.39. The van der Waals surface area contributed by atoms with Crippen molar-refractivity contribution in [1.82, 2.24) is 20.3 Å². The Labute approximate surface area is 179 Å². The van der Waals surface area contributed by atoms with Crippen LogP contribution in [-0.4, -0.2) is 42.1 Å². The molecule has 0 amide bonds. The van der Waals surface area contributed by atoms with Gasteiger partial charge in [0.2, 0.25) is 0 Å². The van der Waals surface area contributed by atoms with Crippen LogP contribution in [0.1, 0.15) is 5.76 Å². The number of aromatic amines is 1. The molecule has 0 saturated carbocycles. The SMILES string of the molecule is Cc1onc(-c2ccccc2)c1-c1cc(-c2nnc(SCC(=O)O)[nH]2)cc([N+](=O)[O-])c1. The van der Waals surface area contributed by atoms with E-state index in [4.69, 9.17) is 9.63 Å². The third-order valence-electron chi connectivity index (χ3n) is 4.40. The number of aliphatic carboxylic acids is 1. The molecule has 31 heavy (non-hydrogen) atoms. The van der Waals surface area contributed by atoms with E-state index in [2.05, 4.69) is 20.3 Å². The molecular formula is C20H15N5O5S. The summed E-state index contributed by atoms with van der Waals surface area (Å²) in [7, 11) is 0. The smallest absolute Gasteiger partial charge is 0.313 e. The third-order valence-corrected chi connectivity index (χ3v) is 5.25. The van der Waals surface area contributed by atoms with Gasteiger partial charge in [-0.05, 0) is 18.6 Å². The molecule has 0 unspecified atom stereocenters. The zero-order chi connectivity index (χ0) is 22.0. The summed E-state index contributed by atoms with van der Waals surface area (Å²) in [4.78, 5) is 24.7. The summed E-state index contributed by atoms with van der Waals surface area (Å²) in [6.07, 6.45) is 0. The van der Waals surface area contributed by atoms with Gasteiger partial charge in [-0.1, -0.05) is 47.3 Å². The average Bonchev–Trinajstić information content (AvgIpc) is 3.39. The van der Waals surface area contributed by atoms with Gasteiger partial charge in [0.25, 0.3) is 5.69 Å². The van der Waals surface area contributed by atoms with Crippen molar-refractivity contribution in [3.05, 3.63) is 64.4 Å². The van der Waals surface area contributed by atoms with E-state index >= 15 is 0 Å². The molecule has 4 aromatic rings. The minimum absolute atomic E-state index is 0.136. The lowest BCUT2D eigenvalue weighted by Gasteiger charge is -2.06. The second kappa shape index (κ2) is 8.40. The number of carbonyl (C=O) groups is 1. The van der Waals surface area contributed by atoms with Crippen molar-refractivity contribution >= 4 is 23.4 Å². The van der Waals surface area contributed by atoms with Crippen LogP contribution in [0, 0.1) is 17.0 Å². The molecule has 11 heteroatoms. The minimum Gasteiger partial charge on any atom is -0.481 e. The van der Waals surface area contributed by atoms with Gasteiger partial charge in [0.1, 0.15) is 11.5 Å². The number of nitro benzene ring substituents is 1. The highest BCUT2D eigenvalue weighted by Gasteiger charge is 2.21. The lowest BCUT2D eigenvalue weighted by molar-refractivity contribution is -0.384. The van der Waals surface area contributed by atoms with Crippen LogP contribution >= 0.6 is 11.8 Å². The van der Waals surface area contributed by atoms with E-state index < -0.39 is 10.9 Å². The zero-order valence-electron chi connectivity index (χ0n) is 16.1. The number of non-ortho nitro benzene ring substituents is 1. The lowest BCUT2D eigenvalue weighted by atomic mass is 9.97. The Kier molecular flexibility index (Phi) is 5.50. The maximum Gasteiger partial charge on any atom is 0.313 e. The number of aryl methyl sites for hydroxylation is 1. The summed E-state index contributed by atoms with van der Waals surface area (Å²) >= 11 is 0.971. The molecule has 2 heterocycles. The maximum atomic E-state index is 11.6. The second-order valence-corrected chi connectivity index (χ2v) is 7.48. The first-order valence-electron chi connectivity index (χ1n) is 9.01. The van der Waals surface area contributed by atoms with Crippen LogP contribution in [0.3, 0.4) is 0 Å². The van der Waals surface area contributed by atoms with E-state index in [1.807, 2.05) is 30.3 Å². The van der Waals surface area contributed by atoms with Gasteiger partial charge in [-0.2, -0.15) is 0 Å². The van der Waals surface area contributed by atoms with Crippen LogP contribution < -0.4 is 0 Å². The van der Waals surface area contributed by atoms with E-state index in [-0.39, 0.29) is 17.3 Å². The molecule has 4 rings (SSSR count). The van der Waals surface area contributed by atoms with Gasteiger partial charge in [-0.25, -0.2) is 0 Å². The number of nitrogens with zero attached hydrogens (tertiary/aromatic N) is 4. The van der Waals surface area contributed by atoms with Gasteiger partial charge in [0, 0.05) is 23.3 Å². The molecule has 2 N–H and O–H groups in total. The van der Waals surface area contributed by atoms with Crippen molar-refractivity contribution in [2.24, 2.45) is 0 Å². The number of hydrogen-bond acceptors (Lipinski definition) is 8. The summed E-state index contributed by atoms with van der Waals surface area (Å²) in [6, 6.07) is 13.9. The van der Waals surface area contributed by atoms with Crippen LogP contribution in [0.5, 0.6) is 0 Å². The summed E-state index contributed by atoms with van der Waals surface area (Å²) in [5.41, 5.74) is 2.85. The van der Waals surface area contributed by atoms with Crippen molar-refractivity contribution in [3.8, 4) is 33.8 Å². The van der Waals surface area contributed by atoms with Crippen molar-refractivity contribution in [2.75, 3.05) is 5.75 Å². The maximum absolute atomic E-state index is 11.6. The molecule has 0 aliphatic rings. The van der Waals surface area contributed by atoms with Crippen LogP contribution in [0.15, 0.2) is 58.2 Å². The fraction of sp³-hybridized carbons (Fsp3) is 0.100. The number of benzene rings is 2. The highest BCUT2D eigenvalue weighted by molar-refractivity contribution is 7.99. The Morgan fingerprint density at radius 3 is 2.61 bits per heavy atom. The van der Waals surface area contributed by atoms with Crippen LogP contribution in [-0.2, 0) is 4.79 Å². The Hall–Kier alpha value is -3.99. The minimum atomic E-state index is -0.989. The molecule has 0 spiro atoms. The predicted molar refractivity (Wildman–Crippen MR) is 113 cm³/mol. The van der Waals surface area contributed by atoms with E-state index in [1.165, 1.54) is 12.1 Å². The molecule has 0 saturated heterocycles. The molecule has 0 radical (unpaired) electrons. The Balaban J connectivity index is 1.81. The van der Waals surface area contributed by atoms with E-state index in [0.717, 1.165) is 17.3 Å². The Morgan fingerprint density at radius 2 is 1.90 bits per heavy atom. The van der Waals surface area contributed by atoms with Crippen LogP contribution in [0.2, 0.25) is 0 Å². The largest absolute Gasteiger partial charge is 0.481 e. The first kappa shape index (κ1) is 20.3. The molecule has 2 aromatic carbocycles. The summed E-state index contributed by atoms with van der Waals surface area (Å²) in [5, 5.41) is 32.8. The first-order chi connectivity index (χ1) is 14.9. The van der Waals surface area contributed by atoms with Gasteiger partial charge < -0.3 is 14.6 Å². The van der Waals surface area contributed by atoms with Crippen LogP contribution in [0.4, 0.5) is 5.69 Å². The van der Waals surface area contributed by atoms with Crippen molar-refractivity contribution in [3.63, 3.8) is 0 Å². The van der Waals surface area contributed by atoms with Gasteiger partial charge in [-0.3, -0.25) is 14.9 Å². The number of H-pyrrole nitrogens is 1. The number of carboxylic acid groups (broad SMARTS) is 1. The van der Waals surface area contributed by atoms with Crippen molar-refractivity contribution in [1.29, 1.82) is 0 Å². The lowest BCUT2D eigenvalue weighted by Crippen LogP contribution is -1.97. The number of aromatic nitrogens is 4. The Morgan fingerprint density at radius 1 is 1.16 bits per heavy atom. The number of nitrogens with one attached hydrogen (secondary N) is 1. The Bertz CT molecular complexity index is 1270. The van der Waals surface area contributed by atoms with Gasteiger partial charge in [-0.15, -0.1) is 10.2 Å². The van der Waals surface area contributed by atoms with Gasteiger partial charge in [0.05, 0.1) is 16.2 Å². The molecule has 0 bridgehead atoms. The highest BCUT2D eigenvalue weighted by Crippen LogP contribution is 2.38. The molecular weight excluding hydrogens is 422 g/mol. The number of thioether (sulfide) groups is 1. The van der Waals surface area contributed by atoms with Crippen LogP contribution in [0.25, 0.3) is 33.8 Å². The molecule has 156 valence electrons. The van der Waals surface area contributed by atoms with E-state index in [1.54, 1.807) is 13.0 Å². The zero-order valence-corrected chi connectivity index (χ0v) is 16.9. The molecule has 10 nitrogen and oxygen atoms in total. The van der Waals surface area contributed by atoms with E-state index in [0.29, 0.717) is 33.3 Å². The van der Waals surface area contributed by atoms with E-state index in [9.17, 15) is 14.9 Å². The fourth-order valence-corrected chi connectivity index (χ4v) is 3.60. The highest BCUT2D eigenvalue weighted by atomic mass is 32.2. The fourth-order valence-electron chi connectivity index (χ4n) is 3.07. The third kappa shape index (κ3) is 4.31. The standard InChI is InChI=1S/C20H15N5O5S/c1-11-17(18(24-30-11)12-5-3-2-4-6-12)13-7-14(9-15(8-13)25(28)29)19-21-20(23-22-19)31-10-16(26)27/h2-9H,10H2,1H3,(H,26,27)(H,21,22,23). The predicted octanol–water partition coefficient (Wildman–Crippen LogP) is 4.19. The molecule has 0 fully saturated rings. The summed E-state index contributed by atoms with van der Waals surface area (Å²) in [6.45, 7) is 1.74. The number of nitro groups is 1. The molecule has 0 aliphatic heterocycles. The van der Waals surface area contributed by atoms with Gasteiger partial charge in [0.15, 0.2) is 11.0 Å². The first-order valence-corrected chi connectivity index (χ1v) is 10.00. The monoisotopic (exact) mass is 437 g/mol. The second-order valence-electron chi connectivity index (χ2n) is 6.52. The molecule has 0 atom stereocenters. The molecule has 2 aromatic heterocycles. The number of hydrogen-bond donors (Lipinski definition) is 2.